The Morgan fingerprint density at radius 3 is 2.45 bits per heavy atom. The molecular weight excluding hydrogens is 286 g/mol. The van der Waals surface area contributed by atoms with Crippen LogP contribution in [-0.2, 0) is 9.47 Å². The van der Waals surface area contributed by atoms with Crippen LogP contribution in [0.3, 0.4) is 0 Å². The zero-order chi connectivity index (χ0) is 14.4. The third-order valence-corrected chi connectivity index (χ3v) is 3.72. The highest BCUT2D eigenvalue weighted by Gasteiger charge is 2.19. The minimum atomic E-state index is -2.80. The normalized spacial score (nSPS) is 23.4. The van der Waals surface area contributed by atoms with Crippen LogP contribution >= 0.6 is 11.8 Å². The second-order valence-corrected chi connectivity index (χ2v) is 5.34. The summed E-state index contributed by atoms with van der Waals surface area (Å²) in [6.45, 7) is -1.47. The molecule has 0 unspecified atom stereocenters. The molecular formula is C14H16F2O3S. The monoisotopic (exact) mass is 302 g/mol. The van der Waals surface area contributed by atoms with Crippen LogP contribution in [0.15, 0.2) is 30.3 Å². The van der Waals surface area contributed by atoms with Crippen molar-refractivity contribution in [2.24, 2.45) is 0 Å². The first-order valence-electron chi connectivity index (χ1n) is 6.16. The quantitative estimate of drug-likeness (QED) is 0.833. The maximum atomic E-state index is 12.0. The molecule has 1 saturated heterocycles. The SMILES string of the molecule is CSC1COC(C=Cc2ccc(OC(F)F)cc2)OC1. The lowest BCUT2D eigenvalue weighted by Crippen LogP contribution is -2.32. The molecule has 0 spiro atoms. The molecule has 1 aromatic rings. The summed E-state index contributed by atoms with van der Waals surface area (Å²) < 4.78 is 39.3. The van der Waals surface area contributed by atoms with Crippen molar-refractivity contribution in [2.75, 3.05) is 19.5 Å². The molecule has 0 saturated carbocycles. The average Bonchev–Trinajstić information content (AvgIpc) is 2.46. The molecule has 110 valence electrons. The van der Waals surface area contributed by atoms with Gasteiger partial charge in [0.2, 0.25) is 0 Å². The highest BCUT2D eigenvalue weighted by atomic mass is 32.2. The van der Waals surface area contributed by atoms with E-state index in [0.717, 1.165) is 5.56 Å². The molecule has 1 aromatic carbocycles. The van der Waals surface area contributed by atoms with Gasteiger partial charge in [-0.15, -0.1) is 0 Å². The van der Waals surface area contributed by atoms with Crippen LogP contribution in [-0.4, -0.2) is 37.6 Å². The van der Waals surface area contributed by atoms with Crippen molar-refractivity contribution < 1.29 is 23.0 Å². The third kappa shape index (κ3) is 4.77. The molecule has 20 heavy (non-hydrogen) atoms. The van der Waals surface area contributed by atoms with E-state index in [1.165, 1.54) is 12.1 Å². The maximum Gasteiger partial charge on any atom is 0.387 e. The molecule has 1 aliphatic heterocycles. The van der Waals surface area contributed by atoms with Gasteiger partial charge in [0, 0.05) is 0 Å². The van der Waals surface area contributed by atoms with Crippen molar-refractivity contribution in [3.05, 3.63) is 35.9 Å². The topological polar surface area (TPSA) is 27.7 Å². The van der Waals surface area contributed by atoms with Crippen LogP contribution in [0.5, 0.6) is 5.75 Å². The molecule has 1 fully saturated rings. The fraction of sp³-hybridized carbons (Fsp3) is 0.429. The number of thioether (sulfide) groups is 1. The van der Waals surface area contributed by atoms with Crippen LogP contribution < -0.4 is 4.74 Å². The van der Waals surface area contributed by atoms with Crippen LogP contribution in [0, 0.1) is 0 Å². The summed E-state index contributed by atoms with van der Waals surface area (Å²) in [5.74, 6) is 0.144. The Hall–Kier alpha value is -1.11. The van der Waals surface area contributed by atoms with Gasteiger partial charge in [-0.3, -0.25) is 0 Å². The van der Waals surface area contributed by atoms with E-state index in [0.29, 0.717) is 18.5 Å². The van der Waals surface area contributed by atoms with E-state index in [9.17, 15) is 8.78 Å². The second kappa shape index (κ2) is 7.61. The van der Waals surface area contributed by atoms with Crippen molar-refractivity contribution in [3.8, 4) is 5.75 Å². The van der Waals surface area contributed by atoms with Crippen molar-refractivity contribution in [1.29, 1.82) is 0 Å². The number of hydrogen-bond acceptors (Lipinski definition) is 4. The first kappa shape index (κ1) is 15.3. The van der Waals surface area contributed by atoms with Gasteiger partial charge < -0.3 is 14.2 Å². The van der Waals surface area contributed by atoms with E-state index in [1.807, 2.05) is 12.3 Å². The van der Waals surface area contributed by atoms with Gasteiger partial charge in [-0.1, -0.05) is 18.2 Å². The third-order valence-electron chi connectivity index (χ3n) is 2.78. The molecule has 3 nitrogen and oxygen atoms in total. The lowest BCUT2D eigenvalue weighted by molar-refractivity contribution is -0.145. The van der Waals surface area contributed by atoms with Crippen molar-refractivity contribution in [1.82, 2.24) is 0 Å². The van der Waals surface area contributed by atoms with Gasteiger partial charge in [0.25, 0.3) is 0 Å². The Morgan fingerprint density at radius 1 is 1.25 bits per heavy atom. The summed E-state index contributed by atoms with van der Waals surface area (Å²) in [5.41, 5.74) is 0.866. The van der Waals surface area contributed by atoms with E-state index in [-0.39, 0.29) is 12.0 Å². The number of hydrogen-bond donors (Lipinski definition) is 0. The molecule has 0 aromatic heterocycles. The molecule has 6 heteroatoms. The maximum absolute atomic E-state index is 12.0. The molecule has 2 rings (SSSR count). The van der Waals surface area contributed by atoms with Crippen molar-refractivity contribution in [3.63, 3.8) is 0 Å². The fourth-order valence-corrected chi connectivity index (χ4v) is 2.13. The Bertz CT molecular complexity index is 429. The molecule has 0 N–H and O–H groups in total. The zero-order valence-corrected chi connectivity index (χ0v) is 11.8. The summed E-state index contributed by atoms with van der Waals surface area (Å²) >= 11 is 1.72. The Morgan fingerprint density at radius 2 is 1.90 bits per heavy atom. The molecule has 0 bridgehead atoms. The predicted molar refractivity (Wildman–Crippen MR) is 75.1 cm³/mol. The predicted octanol–water partition coefficient (Wildman–Crippen LogP) is 3.41. The van der Waals surface area contributed by atoms with E-state index >= 15 is 0 Å². The first-order chi connectivity index (χ1) is 9.67. The van der Waals surface area contributed by atoms with E-state index in [4.69, 9.17) is 9.47 Å². The number of rotatable bonds is 5. The van der Waals surface area contributed by atoms with E-state index < -0.39 is 6.61 Å². The van der Waals surface area contributed by atoms with Crippen LogP contribution in [0.25, 0.3) is 6.08 Å². The average molecular weight is 302 g/mol. The van der Waals surface area contributed by atoms with Crippen molar-refractivity contribution >= 4 is 17.8 Å². The lowest BCUT2D eigenvalue weighted by atomic mass is 10.2. The Labute approximate surface area is 120 Å². The molecule has 0 atom stereocenters. The highest BCUT2D eigenvalue weighted by molar-refractivity contribution is 7.99. The van der Waals surface area contributed by atoms with Gasteiger partial charge in [-0.2, -0.15) is 20.5 Å². The van der Waals surface area contributed by atoms with Crippen LogP contribution in [0.2, 0.25) is 0 Å². The largest absolute Gasteiger partial charge is 0.435 e. The van der Waals surface area contributed by atoms with Gasteiger partial charge in [-0.25, -0.2) is 0 Å². The molecule has 1 heterocycles. The Kier molecular flexibility index (Phi) is 5.82. The van der Waals surface area contributed by atoms with Crippen LogP contribution in [0.1, 0.15) is 5.56 Å². The van der Waals surface area contributed by atoms with Gasteiger partial charge >= 0.3 is 6.61 Å². The molecule has 1 aliphatic rings. The summed E-state index contributed by atoms with van der Waals surface area (Å²) in [4.78, 5) is 0. The minimum absolute atomic E-state index is 0.144. The number of halogens is 2. The van der Waals surface area contributed by atoms with E-state index in [2.05, 4.69) is 4.74 Å². The molecule has 0 amide bonds. The van der Waals surface area contributed by atoms with Gasteiger partial charge in [0.15, 0.2) is 6.29 Å². The highest BCUT2D eigenvalue weighted by Crippen LogP contribution is 2.18. The number of ether oxygens (including phenoxy) is 3. The zero-order valence-electron chi connectivity index (χ0n) is 11.0. The van der Waals surface area contributed by atoms with E-state index in [1.54, 1.807) is 30.0 Å². The summed E-state index contributed by atoms with van der Waals surface area (Å²) in [5, 5.41) is 0.380. The van der Waals surface area contributed by atoms with Crippen LogP contribution in [0.4, 0.5) is 8.78 Å². The summed E-state index contributed by atoms with van der Waals surface area (Å²) in [6, 6.07) is 6.39. The standard InChI is InChI=1S/C14H16F2O3S/c1-20-12-8-17-13(18-9-12)7-4-10-2-5-11(6-3-10)19-14(15)16/h2-7,12-14H,8-9H2,1H3. The number of alkyl halides is 2. The minimum Gasteiger partial charge on any atom is -0.435 e. The smallest absolute Gasteiger partial charge is 0.387 e. The lowest BCUT2D eigenvalue weighted by Gasteiger charge is -2.26. The second-order valence-electron chi connectivity index (χ2n) is 4.20. The summed E-state index contributed by atoms with van der Waals surface area (Å²) in [7, 11) is 0. The van der Waals surface area contributed by atoms with Gasteiger partial charge in [0.1, 0.15) is 5.75 Å². The Balaban J connectivity index is 1.85. The first-order valence-corrected chi connectivity index (χ1v) is 7.45. The van der Waals surface area contributed by atoms with Gasteiger partial charge in [0.05, 0.1) is 18.5 Å². The molecule has 0 aliphatic carbocycles. The summed E-state index contributed by atoms with van der Waals surface area (Å²) in [6.07, 6.45) is 5.31. The number of benzene rings is 1. The van der Waals surface area contributed by atoms with Gasteiger partial charge in [-0.05, 0) is 30.0 Å². The fourth-order valence-electron chi connectivity index (χ4n) is 1.70. The molecule has 0 radical (unpaired) electrons. The van der Waals surface area contributed by atoms with Crippen molar-refractivity contribution in [2.45, 2.75) is 18.2 Å².